The summed E-state index contributed by atoms with van der Waals surface area (Å²) in [6, 6.07) is 4.98. The first-order valence-electron chi connectivity index (χ1n) is 7.31. The van der Waals surface area contributed by atoms with E-state index < -0.39 is 10.0 Å². The number of nitrogens with zero attached hydrogens (tertiary/aromatic N) is 1. The van der Waals surface area contributed by atoms with Gasteiger partial charge in [-0.15, -0.1) is 0 Å². The fourth-order valence-electron chi connectivity index (χ4n) is 2.81. The van der Waals surface area contributed by atoms with Crippen LogP contribution in [0.4, 0.5) is 0 Å². The van der Waals surface area contributed by atoms with Crippen LogP contribution in [0.5, 0.6) is 0 Å². The predicted molar refractivity (Wildman–Crippen MR) is 81.5 cm³/mol. The van der Waals surface area contributed by atoms with E-state index in [1.807, 2.05) is 18.7 Å². The number of primary sulfonamides is 1. The van der Waals surface area contributed by atoms with Gasteiger partial charge in [0.1, 0.15) is 0 Å². The number of nitrogens with two attached hydrogens (primary N) is 1. The monoisotopic (exact) mass is 310 g/mol. The van der Waals surface area contributed by atoms with E-state index in [0.717, 1.165) is 25.8 Å². The summed E-state index contributed by atoms with van der Waals surface area (Å²) in [5.74, 6) is -0.116. The fourth-order valence-corrected chi connectivity index (χ4v) is 3.68. The van der Waals surface area contributed by atoms with Crippen LogP contribution in [-0.2, 0) is 16.4 Å². The van der Waals surface area contributed by atoms with Gasteiger partial charge in [-0.1, -0.05) is 13.0 Å². The van der Waals surface area contributed by atoms with Crippen LogP contribution < -0.4 is 5.14 Å². The summed E-state index contributed by atoms with van der Waals surface area (Å²) in [5.41, 5.74) is 1.03. The van der Waals surface area contributed by atoms with Crippen LogP contribution in [0.25, 0.3) is 0 Å². The third-order valence-corrected chi connectivity index (χ3v) is 5.06. The van der Waals surface area contributed by atoms with Crippen LogP contribution in [0.2, 0.25) is 0 Å². The van der Waals surface area contributed by atoms with E-state index in [1.165, 1.54) is 6.07 Å². The van der Waals surface area contributed by atoms with Crippen LogP contribution in [0, 0.1) is 0 Å². The number of sulfonamides is 1. The van der Waals surface area contributed by atoms with Gasteiger partial charge in [-0.05, 0) is 50.3 Å². The molecule has 1 unspecified atom stereocenters. The average molecular weight is 310 g/mol. The molecule has 2 N–H and O–H groups in total. The number of rotatable bonds is 3. The molecule has 0 aromatic heterocycles. The molecule has 1 amide bonds. The molecule has 1 atom stereocenters. The van der Waals surface area contributed by atoms with Crippen molar-refractivity contribution in [3.05, 3.63) is 29.3 Å². The highest BCUT2D eigenvalue weighted by Crippen LogP contribution is 2.22. The molecule has 0 radical (unpaired) electrons. The molecule has 5 nitrogen and oxygen atoms in total. The fraction of sp³-hybridized carbons (Fsp3) is 0.533. The highest BCUT2D eigenvalue weighted by atomic mass is 32.2. The Bertz CT molecular complexity index is 640. The largest absolute Gasteiger partial charge is 0.336 e. The van der Waals surface area contributed by atoms with Gasteiger partial charge in [0.15, 0.2) is 0 Å². The Morgan fingerprint density at radius 1 is 1.38 bits per heavy atom. The van der Waals surface area contributed by atoms with Gasteiger partial charge in [-0.2, -0.15) is 0 Å². The minimum absolute atomic E-state index is 0.0560. The zero-order valence-corrected chi connectivity index (χ0v) is 13.3. The number of hydrogen-bond donors (Lipinski definition) is 1. The lowest BCUT2D eigenvalue weighted by Crippen LogP contribution is -2.42. The van der Waals surface area contributed by atoms with Gasteiger partial charge < -0.3 is 4.90 Å². The summed E-state index contributed by atoms with van der Waals surface area (Å²) in [7, 11) is -3.82. The summed E-state index contributed by atoms with van der Waals surface area (Å²) in [6.45, 7) is 4.61. The first-order valence-corrected chi connectivity index (χ1v) is 8.86. The minimum atomic E-state index is -3.82. The number of aryl methyl sites for hydroxylation is 1. The molecule has 1 aliphatic heterocycles. The molecule has 1 aromatic rings. The van der Waals surface area contributed by atoms with Crippen molar-refractivity contribution in [2.24, 2.45) is 5.14 Å². The van der Waals surface area contributed by atoms with E-state index in [2.05, 4.69) is 0 Å². The molecule has 116 valence electrons. The molecule has 21 heavy (non-hydrogen) atoms. The van der Waals surface area contributed by atoms with Crippen molar-refractivity contribution in [2.45, 2.75) is 50.5 Å². The molecule has 1 heterocycles. The van der Waals surface area contributed by atoms with Crippen LogP contribution in [0.1, 0.15) is 49.0 Å². The molecule has 2 rings (SSSR count). The quantitative estimate of drug-likeness (QED) is 0.926. The maximum atomic E-state index is 12.6. The first-order chi connectivity index (χ1) is 9.84. The van der Waals surface area contributed by atoms with E-state index in [4.69, 9.17) is 5.14 Å². The van der Waals surface area contributed by atoms with E-state index in [9.17, 15) is 13.2 Å². The Hall–Kier alpha value is -1.40. The van der Waals surface area contributed by atoms with Gasteiger partial charge in [-0.25, -0.2) is 13.6 Å². The summed E-state index contributed by atoms with van der Waals surface area (Å²) in [6.07, 6.45) is 3.66. The molecule has 0 bridgehead atoms. The number of hydrogen-bond acceptors (Lipinski definition) is 3. The normalized spacial score (nSPS) is 19.6. The molecule has 0 spiro atoms. The Balaban J connectivity index is 2.38. The number of carbonyl (C=O) groups is 1. The van der Waals surface area contributed by atoms with Gasteiger partial charge >= 0.3 is 0 Å². The molecule has 6 heteroatoms. The van der Waals surface area contributed by atoms with Crippen molar-refractivity contribution in [3.8, 4) is 0 Å². The maximum Gasteiger partial charge on any atom is 0.254 e. The van der Waals surface area contributed by atoms with Crippen molar-refractivity contribution in [1.29, 1.82) is 0 Å². The van der Waals surface area contributed by atoms with Crippen LogP contribution >= 0.6 is 0 Å². The molecule has 1 aromatic carbocycles. The number of carbonyl (C=O) groups excluding carboxylic acids is 1. The van der Waals surface area contributed by atoms with Gasteiger partial charge in [0.05, 0.1) is 4.90 Å². The summed E-state index contributed by atoms with van der Waals surface area (Å²) in [5, 5.41) is 5.26. The average Bonchev–Trinajstić information content (AvgIpc) is 2.45. The molecular weight excluding hydrogens is 288 g/mol. The molecule has 1 aliphatic rings. The number of piperidine rings is 1. The van der Waals surface area contributed by atoms with Crippen molar-refractivity contribution >= 4 is 15.9 Å². The molecule has 1 saturated heterocycles. The Morgan fingerprint density at radius 2 is 2.10 bits per heavy atom. The van der Waals surface area contributed by atoms with Crippen LogP contribution in [0.3, 0.4) is 0 Å². The number of amides is 1. The van der Waals surface area contributed by atoms with Gasteiger partial charge in [-0.3, -0.25) is 4.79 Å². The van der Waals surface area contributed by atoms with E-state index in [-0.39, 0.29) is 16.8 Å². The topological polar surface area (TPSA) is 80.5 Å². The van der Waals surface area contributed by atoms with Crippen LogP contribution in [-0.4, -0.2) is 31.8 Å². The van der Waals surface area contributed by atoms with Gasteiger partial charge in [0.2, 0.25) is 10.0 Å². The Kier molecular flexibility index (Phi) is 4.68. The second kappa shape index (κ2) is 6.15. The van der Waals surface area contributed by atoms with Crippen LogP contribution in [0.15, 0.2) is 23.1 Å². The Labute approximate surface area is 126 Å². The Morgan fingerprint density at radius 3 is 2.67 bits per heavy atom. The van der Waals surface area contributed by atoms with Crippen molar-refractivity contribution < 1.29 is 13.2 Å². The molecule has 0 saturated carbocycles. The maximum absolute atomic E-state index is 12.6. The highest BCUT2D eigenvalue weighted by Gasteiger charge is 2.25. The molecule has 0 aliphatic carbocycles. The first kappa shape index (κ1) is 16.0. The summed E-state index contributed by atoms with van der Waals surface area (Å²) in [4.78, 5) is 14.5. The lowest BCUT2D eigenvalue weighted by molar-refractivity contribution is 0.0635. The molecule has 1 fully saturated rings. The SMILES string of the molecule is CCc1ccc(C(=O)N2CCCCC2C)cc1S(N)(=O)=O. The summed E-state index contributed by atoms with van der Waals surface area (Å²) >= 11 is 0. The van der Waals surface area contributed by atoms with Crippen molar-refractivity contribution in [2.75, 3.05) is 6.54 Å². The number of benzene rings is 1. The van der Waals surface area contributed by atoms with E-state index in [1.54, 1.807) is 12.1 Å². The van der Waals surface area contributed by atoms with Gasteiger partial charge in [0, 0.05) is 18.2 Å². The predicted octanol–water partition coefficient (Wildman–Crippen LogP) is 1.91. The number of likely N-dealkylation sites (tertiary alicyclic amines) is 1. The van der Waals surface area contributed by atoms with E-state index >= 15 is 0 Å². The summed E-state index contributed by atoms with van der Waals surface area (Å²) < 4.78 is 23.4. The lowest BCUT2D eigenvalue weighted by Gasteiger charge is -2.33. The molecular formula is C15H22N2O3S. The van der Waals surface area contributed by atoms with E-state index in [0.29, 0.717) is 17.5 Å². The minimum Gasteiger partial charge on any atom is -0.336 e. The lowest BCUT2D eigenvalue weighted by atomic mass is 10.0. The zero-order valence-electron chi connectivity index (χ0n) is 12.5. The van der Waals surface area contributed by atoms with Crippen molar-refractivity contribution in [3.63, 3.8) is 0 Å². The second-order valence-corrected chi connectivity index (χ2v) is 7.09. The third-order valence-electron chi connectivity index (χ3n) is 4.07. The highest BCUT2D eigenvalue weighted by molar-refractivity contribution is 7.89. The third kappa shape index (κ3) is 3.44. The second-order valence-electron chi connectivity index (χ2n) is 5.56. The van der Waals surface area contributed by atoms with Crippen molar-refractivity contribution in [1.82, 2.24) is 4.90 Å². The smallest absolute Gasteiger partial charge is 0.254 e. The zero-order chi connectivity index (χ0) is 15.6. The van der Waals surface area contributed by atoms with Gasteiger partial charge in [0.25, 0.3) is 5.91 Å². The standard InChI is InChI=1S/C15H22N2O3S/c1-3-12-7-8-13(10-14(12)21(16,19)20)15(18)17-9-5-4-6-11(17)2/h7-8,10-11H,3-6,9H2,1-2H3,(H2,16,19,20).